The van der Waals surface area contributed by atoms with Crippen LogP contribution in [0.15, 0.2) is 25.3 Å². The van der Waals surface area contributed by atoms with Crippen LogP contribution >= 0.6 is 0 Å². The van der Waals surface area contributed by atoms with Crippen molar-refractivity contribution >= 4 is 22.3 Å². The zero-order valence-electron chi connectivity index (χ0n) is 19.0. The maximum Gasteiger partial charge on any atom is 0.334 e. The molecular weight excluding hydrogens is 436 g/mol. The molecule has 0 aliphatic heterocycles. The summed E-state index contributed by atoms with van der Waals surface area (Å²) in [5, 5.41) is 18.3. The molecule has 0 aromatic rings. The van der Waals surface area contributed by atoms with Crippen molar-refractivity contribution in [3.8, 4) is 0 Å². The van der Waals surface area contributed by atoms with Gasteiger partial charge in [-0.25, -0.2) is 9.59 Å². The lowest BCUT2D eigenvalue weighted by Gasteiger charge is -2.29. The smallest absolute Gasteiger partial charge is 0.334 e. The van der Waals surface area contributed by atoms with E-state index in [0.717, 1.165) is 12.2 Å². The van der Waals surface area contributed by atoms with Crippen LogP contribution in [0.4, 0.5) is 0 Å². The maximum atomic E-state index is 10.7. The van der Waals surface area contributed by atoms with Gasteiger partial charge >= 0.3 is 11.9 Å². The molecule has 12 nitrogen and oxygen atoms in total. The van der Waals surface area contributed by atoms with Crippen molar-refractivity contribution in [1.29, 1.82) is 0 Å². The normalized spacial score (nSPS) is 13.2. The van der Waals surface area contributed by atoms with Crippen molar-refractivity contribution < 1.29 is 55.8 Å². The molecule has 184 valence electrons. The Bertz CT molecular complexity index is 608. The van der Waals surface area contributed by atoms with E-state index in [4.69, 9.17) is 37.2 Å². The minimum Gasteiger partial charge on any atom is -0.759 e. The standard InChI is InChI=1S/2C9H18NO3.H2O4S/c2*1-5-9(12)13-7-10(3,4)6-8(2)11;1-5(2,3)4/h2*5,8,11H,1,6-7H2,2-4H3;(H2,1,2,3,4)/q2*+1;/p-2. The molecule has 0 amide bonds. The van der Waals surface area contributed by atoms with Crippen molar-refractivity contribution in [1.82, 2.24) is 0 Å². The van der Waals surface area contributed by atoms with Crippen LogP contribution in [0.5, 0.6) is 0 Å². The molecule has 0 spiro atoms. The molecule has 0 aromatic carbocycles. The van der Waals surface area contributed by atoms with Gasteiger partial charge in [0.25, 0.3) is 0 Å². The highest BCUT2D eigenvalue weighted by Gasteiger charge is 2.20. The van der Waals surface area contributed by atoms with Gasteiger partial charge in [-0.2, -0.15) is 0 Å². The minimum absolute atomic E-state index is 0.246. The number of carbonyl (C=O) groups excluding carboxylic acids is 2. The highest BCUT2D eigenvalue weighted by molar-refractivity contribution is 7.79. The van der Waals surface area contributed by atoms with E-state index >= 15 is 0 Å². The van der Waals surface area contributed by atoms with Gasteiger partial charge in [-0.05, 0) is 13.8 Å². The number of rotatable bonds is 10. The van der Waals surface area contributed by atoms with Gasteiger partial charge in [-0.15, -0.1) is 0 Å². The number of esters is 2. The predicted molar refractivity (Wildman–Crippen MR) is 110 cm³/mol. The summed E-state index contributed by atoms with van der Waals surface area (Å²) >= 11 is 0. The van der Waals surface area contributed by atoms with Gasteiger partial charge in [-0.1, -0.05) is 13.2 Å². The second-order valence-electron chi connectivity index (χ2n) is 7.94. The Balaban J connectivity index is -0.000000416. The first-order chi connectivity index (χ1) is 13.7. The van der Waals surface area contributed by atoms with Gasteiger partial charge in [0.2, 0.25) is 13.5 Å². The first kappa shape index (κ1) is 33.8. The van der Waals surface area contributed by atoms with E-state index in [1.807, 2.05) is 28.2 Å². The van der Waals surface area contributed by atoms with Gasteiger partial charge in [-0.3, -0.25) is 17.4 Å². The zero-order valence-corrected chi connectivity index (χ0v) is 19.8. The maximum absolute atomic E-state index is 10.7. The topological polar surface area (TPSA) is 173 Å². The molecule has 13 heteroatoms. The first-order valence-corrected chi connectivity index (χ1v) is 10.3. The lowest BCUT2D eigenvalue weighted by molar-refractivity contribution is -0.909. The van der Waals surface area contributed by atoms with Gasteiger partial charge in [0.1, 0.15) is 25.3 Å². The van der Waals surface area contributed by atoms with Crippen molar-refractivity contribution in [2.75, 3.05) is 54.7 Å². The highest BCUT2D eigenvalue weighted by atomic mass is 32.3. The van der Waals surface area contributed by atoms with Crippen LogP contribution < -0.4 is 0 Å². The highest BCUT2D eigenvalue weighted by Crippen LogP contribution is 2.01. The fourth-order valence-corrected chi connectivity index (χ4v) is 2.13. The van der Waals surface area contributed by atoms with Crippen molar-refractivity contribution in [3.05, 3.63) is 25.3 Å². The number of carbonyl (C=O) groups is 2. The molecule has 0 saturated carbocycles. The molecule has 0 rings (SSSR count). The lowest BCUT2D eigenvalue weighted by Crippen LogP contribution is -2.46. The van der Waals surface area contributed by atoms with Gasteiger partial charge < -0.3 is 28.8 Å². The number of hydrogen-bond acceptors (Lipinski definition) is 10. The third-order valence-corrected chi connectivity index (χ3v) is 2.96. The van der Waals surface area contributed by atoms with Crippen LogP contribution in [-0.2, 0) is 29.5 Å². The average Bonchev–Trinajstić information content (AvgIpc) is 2.54. The molecule has 2 N–H and O–H groups in total. The SMILES string of the molecule is C=CC(=O)OC[N+](C)(C)CC(C)O.C=CC(=O)OC[N+](C)(C)CC(C)O.O=S(=O)([O-])[O-]. The van der Waals surface area contributed by atoms with E-state index in [-0.39, 0.29) is 13.5 Å². The Morgan fingerprint density at radius 2 is 1.10 bits per heavy atom. The second kappa shape index (κ2) is 15.9. The monoisotopic (exact) mass is 472 g/mol. The third-order valence-electron chi connectivity index (χ3n) is 2.96. The summed E-state index contributed by atoms with van der Waals surface area (Å²) in [6, 6.07) is 0. The molecule has 0 heterocycles. The fraction of sp³-hybridized carbons (Fsp3) is 0.667. The largest absolute Gasteiger partial charge is 0.759 e. The van der Waals surface area contributed by atoms with Gasteiger partial charge in [0.15, 0.2) is 0 Å². The molecule has 0 fully saturated rings. The molecule has 2 unspecified atom stereocenters. The number of nitrogens with zero attached hydrogens (tertiary/aromatic N) is 2. The second-order valence-corrected chi connectivity index (χ2v) is 8.75. The van der Waals surface area contributed by atoms with Crippen molar-refractivity contribution in [3.63, 3.8) is 0 Å². The summed E-state index contributed by atoms with van der Waals surface area (Å²) in [5.41, 5.74) is 0. The van der Waals surface area contributed by atoms with Crippen LogP contribution in [0.25, 0.3) is 0 Å². The minimum atomic E-state index is -5.17. The number of ether oxygens (including phenoxy) is 2. The first-order valence-electron chi connectivity index (χ1n) is 9.00. The molecule has 31 heavy (non-hydrogen) atoms. The predicted octanol–water partition coefficient (Wildman–Crippen LogP) is -1.08. The summed E-state index contributed by atoms with van der Waals surface area (Å²) in [6.45, 7) is 11.6. The Morgan fingerprint density at radius 3 is 1.26 bits per heavy atom. The molecular formula is C18H36N2O10S. The number of quaternary nitrogens is 2. The van der Waals surface area contributed by atoms with Crippen LogP contribution in [0, 0.1) is 0 Å². The van der Waals surface area contributed by atoms with Gasteiger partial charge in [0, 0.05) is 22.6 Å². The van der Waals surface area contributed by atoms with Gasteiger partial charge in [0.05, 0.1) is 28.2 Å². The van der Waals surface area contributed by atoms with E-state index in [2.05, 4.69) is 13.2 Å². The molecule has 0 radical (unpaired) electrons. The molecule has 0 bridgehead atoms. The van der Waals surface area contributed by atoms with E-state index in [0.29, 0.717) is 22.1 Å². The Hall–Kier alpha value is -1.87. The lowest BCUT2D eigenvalue weighted by atomic mass is 10.3. The zero-order chi connectivity index (χ0) is 25.5. The van der Waals surface area contributed by atoms with Crippen molar-refractivity contribution in [2.45, 2.75) is 26.1 Å². The van der Waals surface area contributed by atoms with E-state index in [9.17, 15) is 9.59 Å². The molecule has 0 saturated heterocycles. The number of aliphatic hydroxyl groups is 2. The van der Waals surface area contributed by atoms with Crippen molar-refractivity contribution in [2.24, 2.45) is 0 Å². The molecule has 2 atom stereocenters. The van der Waals surface area contributed by atoms with E-state index in [1.54, 1.807) is 13.8 Å². The Kier molecular flexibility index (Phi) is 17.3. The third kappa shape index (κ3) is 33.0. The number of likely N-dealkylation sites (N-methyl/N-ethyl adjacent to an activating group) is 2. The quantitative estimate of drug-likeness (QED) is 0.0994. The van der Waals surface area contributed by atoms with Crippen LogP contribution in [0.3, 0.4) is 0 Å². The number of hydrogen-bond donors (Lipinski definition) is 2. The van der Waals surface area contributed by atoms with Crippen LogP contribution in [0.2, 0.25) is 0 Å². The molecule has 0 aromatic heterocycles. The molecule has 0 aliphatic carbocycles. The fourth-order valence-electron chi connectivity index (χ4n) is 2.13. The van der Waals surface area contributed by atoms with Crippen LogP contribution in [0.1, 0.15) is 13.8 Å². The summed E-state index contributed by atoms with van der Waals surface area (Å²) in [6.07, 6.45) is 1.44. The average molecular weight is 473 g/mol. The molecule has 0 aliphatic rings. The number of aliphatic hydroxyl groups excluding tert-OH is 2. The Morgan fingerprint density at radius 1 is 0.871 bits per heavy atom. The summed E-state index contributed by atoms with van der Waals surface area (Å²) in [5.74, 6) is -0.867. The Labute approximate surface area is 184 Å². The summed E-state index contributed by atoms with van der Waals surface area (Å²) < 4.78 is 44.7. The summed E-state index contributed by atoms with van der Waals surface area (Å²) in [4.78, 5) is 21.5. The summed E-state index contributed by atoms with van der Waals surface area (Å²) in [7, 11) is 2.35. The van der Waals surface area contributed by atoms with E-state index in [1.165, 1.54) is 0 Å². The van der Waals surface area contributed by atoms with E-state index < -0.39 is 34.5 Å². The van der Waals surface area contributed by atoms with Crippen LogP contribution in [-0.4, -0.2) is 116 Å².